The molecule has 0 aliphatic carbocycles. The van der Waals surface area contributed by atoms with E-state index < -0.39 is 0 Å². The second-order valence-electron chi connectivity index (χ2n) is 5.28. The van der Waals surface area contributed by atoms with Gasteiger partial charge in [0.05, 0.1) is 11.6 Å². The fourth-order valence-electron chi connectivity index (χ4n) is 2.09. The van der Waals surface area contributed by atoms with E-state index >= 15 is 0 Å². The highest BCUT2D eigenvalue weighted by atomic mass is 16.5. The smallest absolute Gasteiger partial charge is 0.200 e. The fraction of sp³-hybridized carbons (Fsp3) is 0.263. The first-order valence-corrected chi connectivity index (χ1v) is 7.40. The first-order chi connectivity index (χ1) is 10.6. The van der Waals surface area contributed by atoms with Gasteiger partial charge >= 0.3 is 0 Å². The van der Waals surface area contributed by atoms with Crippen LogP contribution in [0.25, 0.3) is 0 Å². The first kappa shape index (κ1) is 15.8. The summed E-state index contributed by atoms with van der Waals surface area (Å²) >= 11 is 0. The maximum atomic E-state index is 12.1. The minimum absolute atomic E-state index is 0.00538. The lowest BCUT2D eigenvalue weighted by molar-refractivity contribution is 0.0921. The number of carbonyl (C=O) groups is 1. The molecular weight excluding hydrogens is 274 g/mol. The van der Waals surface area contributed by atoms with Crippen molar-refractivity contribution in [1.82, 2.24) is 0 Å². The van der Waals surface area contributed by atoms with Crippen LogP contribution in [0, 0.1) is 11.3 Å². The minimum Gasteiger partial charge on any atom is -0.485 e. The summed E-state index contributed by atoms with van der Waals surface area (Å²) in [6, 6.07) is 16.5. The molecule has 0 spiro atoms. The van der Waals surface area contributed by atoms with Gasteiger partial charge in [0.2, 0.25) is 0 Å². The van der Waals surface area contributed by atoms with E-state index in [0.717, 1.165) is 6.42 Å². The van der Waals surface area contributed by atoms with E-state index in [4.69, 9.17) is 10.00 Å². The number of ketones is 1. The average molecular weight is 293 g/mol. The molecule has 0 amide bonds. The molecule has 0 unspecified atom stereocenters. The third kappa shape index (κ3) is 3.95. The summed E-state index contributed by atoms with van der Waals surface area (Å²) in [7, 11) is 0. The van der Waals surface area contributed by atoms with Gasteiger partial charge in [-0.3, -0.25) is 4.79 Å². The second kappa shape index (κ2) is 7.42. The molecule has 0 saturated carbocycles. The van der Waals surface area contributed by atoms with E-state index in [-0.39, 0.29) is 12.4 Å². The molecule has 0 aliphatic heterocycles. The van der Waals surface area contributed by atoms with Gasteiger partial charge in [-0.25, -0.2) is 0 Å². The van der Waals surface area contributed by atoms with Crippen LogP contribution in [0.2, 0.25) is 0 Å². The zero-order valence-corrected chi connectivity index (χ0v) is 12.9. The molecule has 3 nitrogen and oxygen atoms in total. The van der Waals surface area contributed by atoms with Crippen molar-refractivity contribution in [3.05, 3.63) is 65.2 Å². The molecule has 22 heavy (non-hydrogen) atoms. The maximum absolute atomic E-state index is 12.1. The van der Waals surface area contributed by atoms with Gasteiger partial charge in [0.15, 0.2) is 12.4 Å². The Hall–Kier alpha value is -2.60. The highest BCUT2D eigenvalue weighted by Crippen LogP contribution is 2.19. The number of ether oxygens (including phenoxy) is 1. The number of carbonyl (C=O) groups excluding carboxylic acids is 1. The Morgan fingerprint density at radius 2 is 1.77 bits per heavy atom. The Kier molecular flexibility index (Phi) is 5.32. The van der Waals surface area contributed by atoms with E-state index in [9.17, 15) is 4.79 Å². The normalized spacial score (nSPS) is 11.5. The summed E-state index contributed by atoms with van der Waals surface area (Å²) in [4.78, 5) is 12.1. The van der Waals surface area contributed by atoms with Gasteiger partial charge in [-0.05, 0) is 42.2 Å². The number of rotatable bonds is 6. The molecule has 0 radical (unpaired) electrons. The Morgan fingerprint density at radius 1 is 1.14 bits per heavy atom. The van der Waals surface area contributed by atoms with Gasteiger partial charge in [-0.1, -0.05) is 38.1 Å². The molecule has 1 atom stereocenters. The zero-order chi connectivity index (χ0) is 15.9. The molecule has 2 rings (SSSR count). The average Bonchev–Trinajstić information content (AvgIpc) is 2.59. The van der Waals surface area contributed by atoms with Crippen molar-refractivity contribution < 1.29 is 9.53 Å². The lowest BCUT2D eigenvalue weighted by Gasteiger charge is -2.10. The molecule has 0 N–H and O–H groups in total. The van der Waals surface area contributed by atoms with Gasteiger partial charge in [0, 0.05) is 5.56 Å². The molecule has 0 heterocycles. The Labute approximate surface area is 131 Å². The van der Waals surface area contributed by atoms with Crippen LogP contribution in [0.4, 0.5) is 0 Å². The number of nitriles is 1. The van der Waals surface area contributed by atoms with Crippen molar-refractivity contribution in [3.8, 4) is 11.8 Å². The summed E-state index contributed by atoms with van der Waals surface area (Å²) < 4.78 is 5.46. The van der Waals surface area contributed by atoms with Gasteiger partial charge < -0.3 is 4.74 Å². The topological polar surface area (TPSA) is 50.1 Å². The molecule has 0 bridgehead atoms. The molecule has 2 aromatic rings. The van der Waals surface area contributed by atoms with Crippen molar-refractivity contribution in [2.75, 3.05) is 6.61 Å². The monoisotopic (exact) mass is 293 g/mol. The fourth-order valence-corrected chi connectivity index (χ4v) is 2.09. The van der Waals surface area contributed by atoms with Crippen LogP contribution in [-0.2, 0) is 0 Å². The van der Waals surface area contributed by atoms with Gasteiger partial charge in [0.1, 0.15) is 5.75 Å². The van der Waals surface area contributed by atoms with Gasteiger partial charge in [-0.15, -0.1) is 0 Å². The molecule has 3 heteroatoms. The van der Waals surface area contributed by atoms with E-state index in [1.54, 1.807) is 24.3 Å². The third-order valence-corrected chi connectivity index (χ3v) is 3.77. The van der Waals surface area contributed by atoms with Crippen molar-refractivity contribution >= 4 is 5.78 Å². The molecule has 0 saturated heterocycles. The lowest BCUT2D eigenvalue weighted by atomic mass is 9.97. The van der Waals surface area contributed by atoms with Crippen molar-refractivity contribution in [2.45, 2.75) is 26.2 Å². The molecule has 0 aliphatic rings. The number of nitrogens with zero attached hydrogens (tertiary/aromatic N) is 1. The predicted molar refractivity (Wildman–Crippen MR) is 86.1 cm³/mol. The first-order valence-electron chi connectivity index (χ1n) is 7.40. The lowest BCUT2D eigenvalue weighted by Crippen LogP contribution is -2.11. The van der Waals surface area contributed by atoms with Crippen LogP contribution < -0.4 is 4.74 Å². The van der Waals surface area contributed by atoms with Crippen LogP contribution in [-0.4, -0.2) is 12.4 Å². The van der Waals surface area contributed by atoms with Crippen LogP contribution >= 0.6 is 0 Å². The van der Waals surface area contributed by atoms with Gasteiger partial charge in [0.25, 0.3) is 0 Å². The third-order valence-electron chi connectivity index (χ3n) is 3.77. The van der Waals surface area contributed by atoms with Crippen LogP contribution in [0.15, 0.2) is 48.5 Å². The number of hydrogen-bond acceptors (Lipinski definition) is 3. The van der Waals surface area contributed by atoms with Crippen molar-refractivity contribution in [3.63, 3.8) is 0 Å². The standard InChI is InChI=1S/C19H19NO2/c1-3-14(2)16-6-8-17(9-7-16)19(21)13-22-18-10-4-15(12-20)5-11-18/h4-11,14H,3,13H2,1-2H3/t14-/m1/s1. The highest BCUT2D eigenvalue weighted by molar-refractivity contribution is 5.97. The SMILES string of the molecule is CC[C@@H](C)c1ccc(C(=O)COc2ccc(C#N)cc2)cc1. The van der Waals surface area contributed by atoms with Crippen molar-refractivity contribution in [2.24, 2.45) is 0 Å². The maximum Gasteiger partial charge on any atom is 0.200 e. The van der Waals surface area contributed by atoms with E-state index in [0.29, 0.717) is 22.8 Å². The highest BCUT2D eigenvalue weighted by Gasteiger charge is 2.08. The van der Waals surface area contributed by atoms with E-state index in [1.807, 2.05) is 30.3 Å². The molecule has 2 aromatic carbocycles. The summed E-state index contributed by atoms with van der Waals surface area (Å²) in [6.45, 7) is 4.31. The van der Waals surface area contributed by atoms with Crippen LogP contribution in [0.3, 0.4) is 0 Å². The number of benzene rings is 2. The van der Waals surface area contributed by atoms with Crippen LogP contribution in [0.1, 0.15) is 47.7 Å². The Balaban J connectivity index is 1.95. The predicted octanol–water partition coefficient (Wildman–Crippen LogP) is 4.33. The summed E-state index contributed by atoms with van der Waals surface area (Å²) in [5, 5.41) is 8.73. The van der Waals surface area contributed by atoms with Crippen LogP contribution in [0.5, 0.6) is 5.75 Å². The largest absolute Gasteiger partial charge is 0.485 e. The Morgan fingerprint density at radius 3 is 2.32 bits per heavy atom. The minimum atomic E-state index is -0.0555. The molecular formula is C19H19NO2. The number of Topliss-reactive ketones (excluding diaryl/α,β-unsaturated/α-hetero) is 1. The molecule has 112 valence electrons. The van der Waals surface area contributed by atoms with Gasteiger partial charge in [-0.2, -0.15) is 5.26 Å². The van der Waals surface area contributed by atoms with Crippen molar-refractivity contribution in [1.29, 1.82) is 5.26 Å². The molecule has 0 aromatic heterocycles. The summed E-state index contributed by atoms with van der Waals surface area (Å²) in [5.41, 5.74) is 2.46. The summed E-state index contributed by atoms with van der Waals surface area (Å²) in [5.74, 6) is 1.03. The summed E-state index contributed by atoms with van der Waals surface area (Å²) in [6.07, 6.45) is 1.08. The Bertz CT molecular complexity index is 666. The van der Waals surface area contributed by atoms with E-state index in [1.165, 1.54) is 5.56 Å². The number of hydrogen-bond donors (Lipinski definition) is 0. The molecule has 0 fully saturated rings. The quantitative estimate of drug-likeness (QED) is 0.745. The second-order valence-corrected chi connectivity index (χ2v) is 5.28. The van der Waals surface area contributed by atoms with E-state index in [2.05, 4.69) is 13.8 Å². The zero-order valence-electron chi connectivity index (χ0n) is 12.9.